The summed E-state index contributed by atoms with van der Waals surface area (Å²) in [6, 6.07) is 8.08. The number of ether oxygens (including phenoxy) is 5. The van der Waals surface area contributed by atoms with E-state index in [1.807, 2.05) is 0 Å². The van der Waals surface area contributed by atoms with Crippen molar-refractivity contribution in [2.45, 2.75) is 6.10 Å². The van der Waals surface area contributed by atoms with Crippen LogP contribution in [-0.2, 0) is 9.47 Å². The number of amides is 1. The van der Waals surface area contributed by atoms with E-state index < -0.39 is 11.5 Å². The summed E-state index contributed by atoms with van der Waals surface area (Å²) in [6.45, 7) is 1.23. The van der Waals surface area contributed by atoms with Crippen molar-refractivity contribution in [3.8, 4) is 33.5 Å². The molecule has 0 spiro atoms. The summed E-state index contributed by atoms with van der Waals surface area (Å²) in [6.07, 6.45) is 1.12. The van der Waals surface area contributed by atoms with Crippen LogP contribution in [0.2, 0.25) is 0 Å². The first-order valence-electron chi connectivity index (χ1n) is 11.6. The molecule has 1 saturated heterocycles. The molecule has 1 amide bonds. The van der Waals surface area contributed by atoms with Crippen molar-refractivity contribution in [1.82, 2.24) is 20.0 Å². The molecule has 1 fully saturated rings. The Morgan fingerprint density at radius 2 is 2.00 bits per heavy atom. The SMILES string of the molecule is COc1cccc(OC)c1-c1cc(C(=O)Nc2nnc(-n3nccc3N)s2)oc(=O)c1OC[C@H]1COCCO1. The highest BCUT2D eigenvalue weighted by Crippen LogP contribution is 2.42. The molecule has 1 aliphatic heterocycles. The topological polar surface area (TPSA) is 175 Å². The molecule has 4 heterocycles. The predicted molar refractivity (Wildman–Crippen MR) is 139 cm³/mol. The smallest absolute Gasteiger partial charge is 0.379 e. The number of nitrogens with two attached hydrogens (primary N) is 1. The van der Waals surface area contributed by atoms with Gasteiger partial charge in [0.2, 0.25) is 16.0 Å². The second-order valence-electron chi connectivity index (χ2n) is 8.07. The van der Waals surface area contributed by atoms with E-state index in [1.165, 1.54) is 31.2 Å². The number of hydrogen-bond donors (Lipinski definition) is 2. The van der Waals surface area contributed by atoms with E-state index in [4.69, 9.17) is 33.8 Å². The molecule has 15 heteroatoms. The maximum absolute atomic E-state index is 13.2. The number of hydrogen-bond acceptors (Lipinski definition) is 13. The zero-order chi connectivity index (χ0) is 27.4. The van der Waals surface area contributed by atoms with Gasteiger partial charge >= 0.3 is 5.63 Å². The Morgan fingerprint density at radius 1 is 1.21 bits per heavy atom. The molecule has 0 bridgehead atoms. The van der Waals surface area contributed by atoms with Crippen LogP contribution in [0, 0.1) is 0 Å². The largest absolute Gasteiger partial charge is 0.496 e. The number of nitrogens with one attached hydrogen (secondary N) is 1. The molecular formula is C24H24N6O8S. The van der Waals surface area contributed by atoms with Gasteiger partial charge in [0, 0.05) is 11.6 Å². The maximum atomic E-state index is 13.2. The maximum Gasteiger partial charge on any atom is 0.379 e. The fourth-order valence-corrected chi connectivity index (χ4v) is 4.55. The Balaban J connectivity index is 1.50. The molecule has 1 atom stereocenters. The highest BCUT2D eigenvalue weighted by atomic mass is 32.1. The van der Waals surface area contributed by atoms with Gasteiger partial charge in [-0.15, -0.1) is 10.2 Å². The van der Waals surface area contributed by atoms with Gasteiger partial charge in [-0.2, -0.15) is 9.78 Å². The molecule has 1 aliphatic rings. The van der Waals surface area contributed by atoms with Crippen molar-refractivity contribution in [3.05, 3.63) is 52.7 Å². The number of carbonyl (C=O) groups is 1. The van der Waals surface area contributed by atoms with Gasteiger partial charge in [-0.25, -0.2) is 4.79 Å². The van der Waals surface area contributed by atoms with E-state index in [0.717, 1.165) is 11.3 Å². The molecule has 3 N–H and O–H groups in total. The summed E-state index contributed by atoms with van der Waals surface area (Å²) in [4.78, 5) is 26.3. The van der Waals surface area contributed by atoms with Crippen LogP contribution in [0.25, 0.3) is 16.3 Å². The van der Waals surface area contributed by atoms with Gasteiger partial charge in [-0.1, -0.05) is 17.4 Å². The average Bonchev–Trinajstić information content (AvgIpc) is 3.60. The van der Waals surface area contributed by atoms with Crippen molar-refractivity contribution in [2.75, 3.05) is 51.7 Å². The van der Waals surface area contributed by atoms with Crippen LogP contribution in [0.4, 0.5) is 10.9 Å². The van der Waals surface area contributed by atoms with E-state index in [-0.39, 0.29) is 34.9 Å². The third-order valence-corrected chi connectivity index (χ3v) is 6.43. The molecule has 39 heavy (non-hydrogen) atoms. The zero-order valence-corrected chi connectivity index (χ0v) is 21.7. The van der Waals surface area contributed by atoms with Gasteiger partial charge in [0.15, 0.2) is 5.76 Å². The number of methoxy groups -OCH3 is 2. The first-order chi connectivity index (χ1) is 19.0. The lowest BCUT2D eigenvalue weighted by atomic mass is 10.0. The minimum absolute atomic E-state index is 0.0187. The highest BCUT2D eigenvalue weighted by Gasteiger charge is 2.26. The van der Waals surface area contributed by atoms with Gasteiger partial charge < -0.3 is 33.8 Å². The van der Waals surface area contributed by atoms with Crippen LogP contribution < -0.4 is 30.9 Å². The third-order valence-electron chi connectivity index (χ3n) is 5.62. The Kier molecular flexibility index (Phi) is 7.72. The van der Waals surface area contributed by atoms with Crippen LogP contribution in [0.1, 0.15) is 10.6 Å². The Labute approximate surface area is 225 Å². The molecule has 0 unspecified atom stereocenters. The van der Waals surface area contributed by atoms with Gasteiger partial charge in [0.25, 0.3) is 5.91 Å². The summed E-state index contributed by atoms with van der Waals surface area (Å²) in [5.41, 5.74) is 5.59. The van der Waals surface area contributed by atoms with Crippen molar-refractivity contribution in [3.63, 3.8) is 0 Å². The van der Waals surface area contributed by atoms with Crippen molar-refractivity contribution in [1.29, 1.82) is 0 Å². The Bertz CT molecular complexity index is 1500. The lowest BCUT2D eigenvalue weighted by Gasteiger charge is -2.23. The summed E-state index contributed by atoms with van der Waals surface area (Å²) in [5, 5.41) is 15.0. The predicted octanol–water partition coefficient (Wildman–Crippen LogP) is 1.99. The molecule has 0 aliphatic carbocycles. The standard InChI is InChI=1S/C24H24N6O8S/c1-33-15-4-3-5-16(34-2)19(15)14-10-17(38-22(32)20(14)37-12-13-11-35-8-9-36-13)21(31)27-23-28-29-24(39-23)30-18(25)6-7-26-30/h3-7,10,13H,8-9,11-12,25H2,1-2H3,(H,27,28,31)/t13-/m1/s1. The van der Waals surface area contributed by atoms with Crippen molar-refractivity contribution >= 4 is 28.2 Å². The number of rotatable bonds is 9. The van der Waals surface area contributed by atoms with Crippen LogP contribution in [0.3, 0.4) is 0 Å². The zero-order valence-electron chi connectivity index (χ0n) is 20.9. The second kappa shape index (κ2) is 11.5. The fourth-order valence-electron chi connectivity index (χ4n) is 3.83. The average molecular weight is 557 g/mol. The van der Waals surface area contributed by atoms with Crippen LogP contribution in [0.5, 0.6) is 17.2 Å². The van der Waals surface area contributed by atoms with Crippen LogP contribution in [-0.4, -0.2) is 72.6 Å². The van der Waals surface area contributed by atoms with E-state index in [9.17, 15) is 9.59 Å². The Morgan fingerprint density at radius 3 is 2.67 bits per heavy atom. The minimum Gasteiger partial charge on any atom is -0.496 e. The summed E-state index contributed by atoms with van der Waals surface area (Å²) >= 11 is 1.03. The number of benzene rings is 1. The molecule has 4 aromatic rings. The Hall–Kier alpha value is -4.47. The van der Waals surface area contributed by atoms with Gasteiger partial charge in [0.1, 0.15) is 30.0 Å². The molecule has 0 saturated carbocycles. The number of nitrogens with zero attached hydrogens (tertiary/aromatic N) is 4. The summed E-state index contributed by atoms with van der Waals surface area (Å²) in [5.74, 6) is -0.0584. The van der Waals surface area contributed by atoms with E-state index >= 15 is 0 Å². The molecule has 204 valence electrons. The number of anilines is 2. The molecule has 0 radical (unpaired) electrons. The quantitative estimate of drug-likeness (QED) is 0.307. The van der Waals surface area contributed by atoms with Crippen LogP contribution in [0.15, 0.2) is 45.7 Å². The monoisotopic (exact) mass is 556 g/mol. The summed E-state index contributed by atoms with van der Waals surface area (Å²) in [7, 11) is 2.95. The first kappa shape index (κ1) is 26.1. The molecule has 5 rings (SSSR count). The lowest BCUT2D eigenvalue weighted by Crippen LogP contribution is -2.34. The van der Waals surface area contributed by atoms with E-state index in [1.54, 1.807) is 24.3 Å². The number of aromatic nitrogens is 4. The lowest BCUT2D eigenvalue weighted by molar-refractivity contribution is -0.101. The van der Waals surface area contributed by atoms with Crippen LogP contribution >= 0.6 is 11.3 Å². The summed E-state index contributed by atoms with van der Waals surface area (Å²) < 4.78 is 34.7. The van der Waals surface area contributed by atoms with Gasteiger partial charge in [0.05, 0.1) is 45.8 Å². The molecule has 1 aromatic carbocycles. The van der Waals surface area contributed by atoms with Gasteiger partial charge in [-0.05, 0) is 18.2 Å². The molecule has 14 nitrogen and oxygen atoms in total. The van der Waals surface area contributed by atoms with Crippen molar-refractivity contribution < 1.29 is 32.9 Å². The first-order valence-corrected chi connectivity index (χ1v) is 12.5. The van der Waals surface area contributed by atoms with Gasteiger partial charge in [-0.3, -0.25) is 10.1 Å². The third kappa shape index (κ3) is 5.55. The van der Waals surface area contributed by atoms with Crippen molar-refractivity contribution in [2.24, 2.45) is 0 Å². The minimum atomic E-state index is -0.885. The van der Waals surface area contributed by atoms with E-state index in [2.05, 4.69) is 20.6 Å². The second-order valence-corrected chi connectivity index (χ2v) is 9.02. The van der Waals surface area contributed by atoms with E-state index in [0.29, 0.717) is 47.8 Å². The molecule has 3 aromatic heterocycles. The molecular weight excluding hydrogens is 532 g/mol. The number of nitrogen functional groups attached to an aromatic ring is 1. The number of carbonyl (C=O) groups excluding carboxylic acids is 1. The highest BCUT2D eigenvalue weighted by molar-refractivity contribution is 7.17. The normalized spacial score (nSPS) is 15.1. The fraction of sp³-hybridized carbons (Fsp3) is 0.292.